The van der Waals surface area contributed by atoms with Crippen LogP contribution in [0.15, 0.2) is 12.1 Å². The maximum Gasteiger partial charge on any atom is 0.304 e. The lowest BCUT2D eigenvalue weighted by molar-refractivity contribution is -0.137. The maximum absolute atomic E-state index is 10.9. The van der Waals surface area contributed by atoms with Gasteiger partial charge in [-0.1, -0.05) is 12.1 Å². The van der Waals surface area contributed by atoms with Crippen LogP contribution in [0.4, 0.5) is 0 Å². The van der Waals surface area contributed by atoms with Crippen LogP contribution < -0.4 is 0 Å². The first-order valence-corrected chi connectivity index (χ1v) is 5.74. The Morgan fingerprint density at radius 2 is 1.94 bits per heavy atom. The first-order chi connectivity index (χ1) is 7.97. The fourth-order valence-corrected chi connectivity index (χ4v) is 2.09. The predicted molar refractivity (Wildman–Crippen MR) is 67.5 cm³/mol. The molecule has 0 aromatic heterocycles. The quantitative estimate of drug-likeness (QED) is 0.855. The third kappa shape index (κ3) is 3.30. The molecule has 3 heteroatoms. The Labute approximate surface area is 102 Å². The number of carboxylic acid groups (broad SMARTS) is 1. The average Bonchev–Trinajstić information content (AvgIpc) is 2.25. The van der Waals surface area contributed by atoms with Gasteiger partial charge in [0.25, 0.3) is 0 Å². The molecule has 1 aromatic carbocycles. The summed E-state index contributed by atoms with van der Waals surface area (Å²) in [5, 5.41) is 8.93. The zero-order chi connectivity index (χ0) is 13.0. The standard InChI is InChI=1S/C14H20O3/c1-9-5-6-13(11(3)10(9)2)12(8-17-4)7-14(15)16/h5-6,12H,7-8H2,1-4H3,(H,15,16). The Kier molecular flexibility index (Phi) is 4.70. The van der Waals surface area contributed by atoms with Crippen LogP contribution in [0.3, 0.4) is 0 Å². The van der Waals surface area contributed by atoms with E-state index < -0.39 is 5.97 Å². The summed E-state index contributed by atoms with van der Waals surface area (Å²) in [7, 11) is 1.60. The van der Waals surface area contributed by atoms with E-state index in [9.17, 15) is 4.79 Å². The molecule has 0 aliphatic rings. The molecule has 0 spiro atoms. The van der Waals surface area contributed by atoms with Gasteiger partial charge in [-0.25, -0.2) is 0 Å². The SMILES string of the molecule is COCC(CC(=O)O)c1ccc(C)c(C)c1C. The number of aryl methyl sites for hydroxylation is 1. The van der Waals surface area contributed by atoms with Crippen molar-refractivity contribution in [2.24, 2.45) is 0 Å². The average molecular weight is 236 g/mol. The number of benzene rings is 1. The third-order valence-corrected chi connectivity index (χ3v) is 3.33. The molecule has 0 bridgehead atoms. The van der Waals surface area contributed by atoms with Crippen molar-refractivity contribution >= 4 is 5.97 Å². The molecule has 0 amide bonds. The van der Waals surface area contributed by atoms with Gasteiger partial charge in [-0.05, 0) is 43.0 Å². The van der Waals surface area contributed by atoms with Crippen LogP contribution in [0, 0.1) is 20.8 Å². The Balaban J connectivity index is 3.09. The molecule has 0 heterocycles. The van der Waals surface area contributed by atoms with Crippen molar-refractivity contribution in [3.8, 4) is 0 Å². The Morgan fingerprint density at radius 1 is 1.29 bits per heavy atom. The van der Waals surface area contributed by atoms with E-state index in [1.165, 1.54) is 16.7 Å². The van der Waals surface area contributed by atoms with Crippen molar-refractivity contribution in [1.29, 1.82) is 0 Å². The minimum Gasteiger partial charge on any atom is -0.481 e. The fourth-order valence-electron chi connectivity index (χ4n) is 2.09. The molecule has 3 nitrogen and oxygen atoms in total. The second-order valence-corrected chi connectivity index (χ2v) is 4.47. The van der Waals surface area contributed by atoms with Crippen molar-refractivity contribution in [2.45, 2.75) is 33.1 Å². The van der Waals surface area contributed by atoms with E-state index in [-0.39, 0.29) is 12.3 Å². The molecule has 94 valence electrons. The molecule has 0 radical (unpaired) electrons. The summed E-state index contributed by atoms with van der Waals surface area (Å²) >= 11 is 0. The van der Waals surface area contributed by atoms with E-state index in [1.807, 2.05) is 19.1 Å². The summed E-state index contributed by atoms with van der Waals surface area (Å²) in [5.41, 5.74) is 4.72. The molecule has 0 saturated heterocycles. The van der Waals surface area contributed by atoms with Gasteiger partial charge in [-0.15, -0.1) is 0 Å². The highest BCUT2D eigenvalue weighted by Crippen LogP contribution is 2.27. The zero-order valence-corrected chi connectivity index (χ0v) is 10.9. The van der Waals surface area contributed by atoms with Crippen LogP contribution in [-0.2, 0) is 9.53 Å². The maximum atomic E-state index is 10.9. The minimum atomic E-state index is -0.787. The largest absolute Gasteiger partial charge is 0.481 e. The van der Waals surface area contributed by atoms with E-state index in [2.05, 4.69) is 13.8 Å². The Morgan fingerprint density at radius 3 is 2.47 bits per heavy atom. The van der Waals surface area contributed by atoms with Gasteiger partial charge in [0.05, 0.1) is 13.0 Å². The summed E-state index contributed by atoms with van der Waals surface area (Å²) < 4.78 is 5.12. The molecular formula is C14H20O3. The van der Waals surface area contributed by atoms with E-state index in [4.69, 9.17) is 9.84 Å². The van der Waals surface area contributed by atoms with E-state index in [0.717, 1.165) is 5.56 Å². The Bertz CT molecular complexity index is 410. The monoisotopic (exact) mass is 236 g/mol. The summed E-state index contributed by atoms with van der Waals surface area (Å²) in [6.07, 6.45) is 0.108. The number of carboxylic acids is 1. The molecule has 1 unspecified atom stereocenters. The van der Waals surface area contributed by atoms with Crippen molar-refractivity contribution < 1.29 is 14.6 Å². The smallest absolute Gasteiger partial charge is 0.304 e. The molecule has 0 aliphatic heterocycles. The summed E-state index contributed by atoms with van der Waals surface area (Å²) in [4.78, 5) is 10.9. The molecule has 1 aromatic rings. The molecule has 1 atom stereocenters. The van der Waals surface area contributed by atoms with Gasteiger partial charge in [0.2, 0.25) is 0 Å². The number of hydrogen-bond donors (Lipinski definition) is 1. The van der Waals surface area contributed by atoms with Gasteiger partial charge in [0.1, 0.15) is 0 Å². The first-order valence-electron chi connectivity index (χ1n) is 5.74. The highest BCUT2D eigenvalue weighted by atomic mass is 16.5. The summed E-state index contributed by atoms with van der Waals surface area (Å²) in [6.45, 7) is 6.62. The lowest BCUT2D eigenvalue weighted by Crippen LogP contribution is -2.13. The highest BCUT2D eigenvalue weighted by Gasteiger charge is 2.18. The van der Waals surface area contributed by atoms with Crippen molar-refractivity contribution in [3.63, 3.8) is 0 Å². The second-order valence-electron chi connectivity index (χ2n) is 4.47. The van der Waals surface area contributed by atoms with E-state index in [0.29, 0.717) is 6.61 Å². The number of rotatable bonds is 5. The minimum absolute atomic E-state index is 0.0724. The van der Waals surface area contributed by atoms with Crippen LogP contribution in [0.1, 0.15) is 34.6 Å². The number of aliphatic carboxylic acids is 1. The van der Waals surface area contributed by atoms with Gasteiger partial charge >= 0.3 is 5.97 Å². The molecule has 0 saturated carbocycles. The van der Waals surface area contributed by atoms with Crippen LogP contribution >= 0.6 is 0 Å². The van der Waals surface area contributed by atoms with Crippen LogP contribution in [-0.4, -0.2) is 24.8 Å². The second kappa shape index (κ2) is 5.82. The molecule has 17 heavy (non-hydrogen) atoms. The Hall–Kier alpha value is -1.35. The normalized spacial score (nSPS) is 12.5. The molecule has 1 N–H and O–H groups in total. The zero-order valence-electron chi connectivity index (χ0n) is 10.9. The molecule has 0 aliphatic carbocycles. The van der Waals surface area contributed by atoms with Crippen molar-refractivity contribution in [3.05, 3.63) is 34.4 Å². The predicted octanol–water partition coefficient (Wildman–Crippen LogP) is 2.82. The van der Waals surface area contributed by atoms with E-state index >= 15 is 0 Å². The summed E-state index contributed by atoms with van der Waals surface area (Å²) in [6, 6.07) is 4.06. The molecule has 1 rings (SSSR count). The fraction of sp³-hybridized carbons (Fsp3) is 0.500. The summed E-state index contributed by atoms with van der Waals surface area (Å²) in [5.74, 6) is -0.860. The van der Waals surface area contributed by atoms with Crippen molar-refractivity contribution in [2.75, 3.05) is 13.7 Å². The number of ether oxygens (including phenoxy) is 1. The van der Waals surface area contributed by atoms with E-state index in [1.54, 1.807) is 7.11 Å². The number of methoxy groups -OCH3 is 1. The lowest BCUT2D eigenvalue weighted by Gasteiger charge is -2.19. The number of hydrogen-bond acceptors (Lipinski definition) is 2. The van der Waals surface area contributed by atoms with Gasteiger partial charge in [0.15, 0.2) is 0 Å². The van der Waals surface area contributed by atoms with Crippen LogP contribution in [0.2, 0.25) is 0 Å². The lowest BCUT2D eigenvalue weighted by atomic mass is 9.89. The highest BCUT2D eigenvalue weighted by molar-refractivity contribution is 5.68. The number of carbonyl (C=O) groups is 1. The van der Waals surface area contributed by atoms with Gasteiger partial charge in [0, 0.05) is 13.0 Å². The van der Waals surface area contributed by atoms with Gasteiger partial charge in [-0.3, -0.25) is 4.79 Å². The van der Waals surface area contributed by atoms with Gasteiger partial charge in [-0.2, -0.15) is 0 Å². The first kappa shape index (κ1) is 13.7. The van der Waals surface area contributed by atoms with Gasteiger partial charge < -0.3 is 9.84 Å². The molecule has 0 fully saturated rings. The topological polar surface area (TPSA) is 46.5 Å². The third-order valence-electron chi connectivity index (χ3n) is 3.33. The van der Waals surface area contributed by atoms with Crippen molar-refractivity contribution in [1.82, 2.24) is 0 Å². The van der Waals surface area contributed by atoms with Crippen LogP contribution in [0.5, 0.6) is 0 Å². The molecular weight excluding hydrogens is 216 g/mol. The van der Waals surface area contributed by atoms with Crippen LogP contribution in [0.25, 0.3) is 0 Å².